The van der Waals surface area contributed by atoms with E-state index in [0.29, 0.717) is 0 Å². The second-order valence-corrected chi connectivity index (χ2v) is 16.2. The van der Waals surface area contributed by atoms with Crippen LogP contribution in [-0.2, 0) is 6.42 Å². The number of aromatic nitrogens is 1. The smallest absolute Gasteiger partial charge is 0.137 e. The van der Waals surface area contributed by atoms with Gasteiger partial charge in [0.25, 0.3) is 0 Å². The van der Waals surface area contributed by atoms with E-state index in [0.717, 1.165) is 45.4 Å². The predicted octanol–water partition coefficient (Wildman–Crippen LogP) is 16.2. The Kier molecular flexibility index (Phi) is 8.57. The van der Waals surface area contributed by atoms with Gasteiger partial charge in [0.05, 0.1) is 11.0 Å². The molecule has 0 fully saturated rings. The fourth-order valence-corrected chi connectivity index (χ4v) is 9.36. The van der Waals surface area contributed by atoms with Crippen LogP contribution in [0.25, 0.3) is 82.5 Å². The van der Waals surface area contributed by atoms with Gasteiger partial charge in [-0.05, 0) is 129 Å². The van der Waals surface area contributed by atoms with Crippen molar-refractivity contribution in [2.75, 3.05) is 4.90 Å². The van der Waals surface area contributed by atoms with Crippen LogP contribution in [0.15, 0.2) is 235 Å². The number of para-hydroxylation sites is 3. The fraction of sp³-hybridized carbons (Fsp3) is 0.0169. The first kappa shape index (κ1) is 35.8. The van der Waals surface area contributed by atoms with Crippen molar-refractivity contribution in [3.05, 3.63) is 242 Å². The first-order chi connectivity index (χ1) is 30.7. The largest absolute Gasteiger partial charge is 0.456 e. The molecule has 0 atom stereocenters. The highest BCUT2D eigenvalue weighted by atomic mass is 16.3. The number of furan rings is 1. The van der Waals surface area contributed by atoms with E-state index in [9.17, 15) is 0 Å². The van der Waals surface area contributed by atoms with Crippen LogP contribution in [0.1, 0.15) is 11.1 Å². The van der Waals surface area contributed by atoms with Crippen molar-refractivity contribution in [1.82, 2.24) is 4.57 Å². The van der Waals surface area contributed by atoms with Crippen LogP contribution >= 0.6 is 0 Å². The molecule has 2 aromatic heterocycles. The average Bonchev–Trinajstić information content (AvgIpc) is 3.88. The highest BCUT2D eigenvalue weighted by Crippen LogP contribution is 2.40. The van der Waals surface area contributed by atoms with Crippen LogP contribution < -0.4 is 4.90 Å². The zero-order valence-corrected chi connectivity index (χ0v) is 33.9. The highest BCUT2D eigenvalue weighted by Gasteiger charge is 2.17. The fourth-order valence-electron chi connectivity index (χ4n) is 9.36. The molecule has 62 heavy (non-hydrogen) atoms. The second-order valence-electron chi connectivity index (χ2n) is 16.2. The maximum Gasteiger partial charge on any atom is 0.137 e. The van der Waals surface area contributed by atoms with Crippen molar-refractivity contribution in [2.24, 2.45) is 0 Å². The predicted molar refractivity (Wildman–Crippen MR) is 260 cm³/mol. The van der Waals surface area contributed by atoms with E-state index in [4.69, 9.17) is 4.42 Å². The lowest BCUT2D eigenvalue weighted by atomic mass is 9.97. The first-order valence-corrected chi connectivity index (χ1v) is 21.3. The van der Waals surface area contributed by atoms with Crippen molar-refractivity contribution in [1.29, 1.82) is 0 Å². The molecular weight excluding hydrogens is 753 g/mol. The molecule has 0 saturated heterocycles. The van der Waals surface area contributed by atoms with E-state index in [1.807, 2.05) is 12.1 Å². The van der Waals surface area contributed by atoms with Gasteiger partial charge < -0.3 is 13.9 Å². The molecule has 0 spiro atoms. The topological polar surface area (TPSA) is 21.3 Å². The van der Waals surface area contributed by atoms with Gasteiger partial charge in [0.1, 0.15) is 11.2 Å². The summed E-state index contributed by atoms with van der Waals surface area (Å²) >= 11 is 0. The lowest BCUT2D eigenvalue weighted by molar-refractivity contribution is 0.669. The number of hydrogen-bond donors (Lipinski definition) is 0. The maximum atomic E-state index is 6.40. The van der Waals surface area contributed by atoms with Gasteiger partial charge in [0.15, 0.2) is 0 Å². The lowest BCUT2D eigenvalue weighted by Gasteiger charge is -2.26. The molecule has 0 aliphatic carbocycles. The summed E-state index contributed by atoms with van der Waals surface area (Å²) in [5.41, 5.74) is 15.9. The first-order valence-electron chi connectivity index (χ1n) is 21.3. The molecule has 3 nitrogen and oxygen atoms in total. The molecule has 0 amide bonds. The van der Waals surface area contributed by atoms with Gasteiger partial charge >= 0.3 is 0 Å². The minimum Gasteiger partial charge on any atom is -0.456 e. The van der Waals surface area contributed by atoms with Crippen molar-refractivity contribution in [3.8, 4) is 27.9 Å². The van der Waals surface area contributed by atoms with Crippen LogP contribution in [0, 0.1) is 0 Å². The minimum atomic E-state index is 0.823. The number of fused-ring (bicyclic) bond motifs is 7. The number of anilines is 3. The number of hydrogen-bond acceptors (Lipinski definition) is 2. The molecule has 12 rings (SSSR count). The normalized spacial score (nSPS) is 11.6. The average molecular weight is 793 g/mol. The molecule has 0 unspecified atom stereocenters. The van der Waals surface area contributed by atoms with E-state index in [2.05, 4.69) is 228 Å². The Balaban J connectivity index is 0.882. The zero-order valence-electron chi connectivity index (χ0n) is 33.9. The summed E-state index contributed by atoms with van der Waals surface area (Å²) in [6.07, 6.45) is 0.823. The SMILES string of the molecule is c1cc(-c2ccc(N(c3ccc(Cc4cccc(-n5c6ccccc6c6ccccc65)c4)cc3)c3ccc4c(c3)oc3ccccc34)cc2)cc(-c2ccc3ccccc3c2)c1. The quantitative estimate of drug-likeness (QED) is 0.153. The zero-order chi connectivity index (χ0) is 41.0. The molecular formula is C59H40N2O. The van der Waals surface area contributed by atoms with Crippen LogP contribution in [0.3, 0.4) is 0 Å². The molecule has 0 N–H and O–H groups in total. The molecule has 0 bridgehead atoms. The molecule has 3 heteroatoms. The van der Waals surface area contributed by atoms with Crippen molar-refractivity contribution >= 4 is 71.6 Å². The third kappa shape index (κ3) is 6.31. The van der Waals surface area contributed by atoms with Gasteiger partial charge in [0, 0.05) is 50.4 Å². The summed E-state index contributed by atoms with van der Waals surface area (Å²) in [5, 5.41) is 7.29. The number of benzene rings is 10. The maximum absolute atomic E-state index is 6.40. The monoisotopic (exact) mass is 792 g/mol. The molecule has 292 valence electrons. The van der Waals surface area contributed by atoms with Gasteiger partial charge in [-0.1, -0.05) is 146 Å². The Hall–Kier alpha value is -8.14. The van der Waals surface area contributed by atoms with Crippen molar-refractivity contribution in [3.63, 3.8) is 0 Å². The van der Waals surface area contributed by atoms with Crippen LogP contribution in [0.4, 0.5) is 17.1 Å². The van der Waals surface area contributed by atoms with Gasteiger partial charge in [-0.25, -0.2) is 0 Å². The number of nitrogens with zero attached hydrogens (tertiary/aromatic N) is 2. The van der Waals surface area contributed by atoms with Crippen LogP contribution in [-0.4, -0.2) is 4.57 Å². The van der Waals surface area contributed by atoms with Crippen molar-refractivity contribution < 1.29 is 4.42 Å². The van der Waals surface area contributed by atoms with E-state index in [1.54, 1.807) is 0 Å². The Labute approximate surface area is 360 Å². The molecule has 0 aliphatic rings. The molecule has 0 aliphatic heterocycles. The molecule has 0 saturated carbocycles. The molecule has 12 aromatic rings. The Morgan fingerprint density at radius 3 is 1.69 bits per heavy atom. The minimum absolute atomic E-state index is 0.823. The standard InChI is InChI=1S/C59H40N2O/c1-2-13-44-38-47(26-25-42(44)12-1)46-15-10-14-45(37-46)43-27-31-49(32-28-43)60(51-33-34-55-54-19-5-8-22-58(54)62-59(55)39-51)48-29-23-40(24-30-48)35-41-11-9-16-50(36-41)61-56-20-6-3-17-52(56)53-18-4-7-21-57(53)61/h1-34,36-39H,35H2. The Bertz CT molecular complexity index is 3560. The third-order valence-electron chi connectivity index (χ3n) is 12.4. The van der Waals surface area contributed by atoms with Crippen LogP contribution in [0.2, 0.25) is 0 Å². The summed E-state index contributed by atoms with van der Waals surface area (Å²) in [6, 6.07) is 83.2. The van der Waals surface area contributed by atoms with Gasteiger partial charge in [-0.3, -0.25) is 0 Å². The molecule has 0 radical (unpaired) electrons. The van der Waals surface area contributed by atoms with Gasteiger partial charge in [0.2, 0.25) is 0 Å². The van der Waals surface area contributed by atoms with E-state index in [-0.39, 0.29) is 0 Å². The summed E-state index contributed by atoms with van der Waals surface area (Å²) in [5.74, 6) is 0. The summed E-state index contributed by atoms with van der Waals surface area (Å²) in [7, 11) is 0. The van der Waals surface area contributed by atoms with E-state index in [1.165, 1.54) is 71.6 Å². The third-order valence-corrected chi connectivity index (χ3v) is 12.4. The molecule has 2 heterocycles. The highest BCUT2D eigenvalue weighted by molar-refractivity contribution is 6.09. The molecule has 10 aromatic carbocycles. The Morgan fingerprint density at radius 2 is 0.919 bits per heavy atom. The van der Waals surface area contributed by atoms with Crippen LogP contribution in [0.5, 0.6) is 0 Å². The van der Waals surface area contributed by atoms with Gasteiger partial charge in [-0.15, -0.1) is 0 Å². The van der Waals surface area contributed by atoms with E-state index < -0.39 is 0 Å². The van der Waals surface area contributed by atoms with E-state index >= 15 is 0 Å². The second kappa shape index (κ2) is 14.8. The summed E-state index contributed by atoms with van der Waals surface area (Å²) < 4.78 is 8.79. The van der Waals surface area contributed by atoms with Gasteiger partial charge in [-0.2, -0.15) is 0 Å². The summed E-state index contributed by atoms with van der Waals surface area (Å²) in [4.78, 5) is 2.33. The van der Waals surface area contributed by atoms with Crippen molar-refractivity contribution in [2.45, 2.75) is 6.42 Å². The lowest BCUT2D eigenvalue weighted by Crippen LogP contribution is -2.10. The number of rotatable bonds is 8. The Morgan fingerprint density at radius 1 is 0.339 bits per heavy atom. The summed E-state index contributed by atoms with van der Waals surface area (Å²) in [6.45, 7) is 0.